The highest BCUT2D eigenvalue weighted by atomic mass is 35.5. The second-order valence-corrected chi connectivity index (χ2v) is 5.70. The van der Waals surface area contributed by atoms with Crippen molar-refractivity contribution in [2.75, 3.05) is 6.54 Å². The van der Waals surface area contributed by atoms with Crippen LogP contribution >= 0.6 is 23.2 Å². The highest BCUT2D eigenvalue weighted by molar-refractivity contribution is 7.89. The molecule has 1 aromatic carbocycles. The molecule has 0 saturated carbocycles. The number of nitro groups is 1. The van der Waals surface area contributed by atoms with Gasteiger partial charge in [-0.2, -0.15) is 4.72 Å². The molecule has 0 aliphatic carbocycles. The van der Waals surface area contributed by atoms with Crippen molar-refractivity contribution in [2.24, 2.45) is 0 Å². The maximum Gasteiger partial charge on any atom is 0.318 e. The first kappa shape index (κ1) is 15.6. The predicted octanol–water partition coefficient (Wildman–Crippen LogP) is 1.26. The number of aliphatic carboxylic acids is 1. The SMILES string of the molecule is O=C(O)CNS(=O)(=O)c1ccc(Cl)c([N+](=O)[O-])c1Cl. The number of carbonyl (C=O) groups is 1. The monoisotopic (exact) mass is 328 g/mol. The summed E-state index contributed by atoms with van der Waals surface area (Å²) < 4.78 is 25.2. The van der Waals surface area contributed by atoms with Crippen LogP contribution in [-0.2, 0) is 14.8 Å². The Hall–Kier alpha value is -1.42. The van der Waals surface area contributed by atoms with E-state index in [1.807, 2.05) is 0 Å². The highest BCUT2D eigenvalue weighted by Gasteiger charge is 2.27. The van der Waals surface area contributed by atoms with Gasteiger partial charge in [0.05, 0.1) is 4.92 Å². The Morgan fingerprint density at radius 3 is 2.47 bits per heavy atom. The van der Waals surface area contributed by atoms with E-state index in [9.17, 15) is 23.3 Å². The first-order valence-electron chi connectivity index (χ1n) is 4.50. The fourth-order valence-corrected chi connectivity index (χ4v) is 2.99. The van der Waals surface area contributed by atoms with Gasteiger partial charge in [0.25, 0.3) is 0 Å². The van der Waals surface area contributed by atoms with Gasteiger partial charge < -0.3 is 5.11 Å². The van der Waals surface area contributed by atoms with E-state index in [0.29, 0.717) is 0 Å². The third kappa shape index (κ3) is 3.53. The topological polar surface area (TPSA) is 127 Å². The normalized spacial score (nSPS) is 11.3. The number of halogens is 2. The van der Waals surface area contributed by atoms with Crippen LogP contribution < -0.4 is 4.72 Å². The third-order valence-electron chi connectivity index (χ3n) is 1.92. The van der Waals surface area contributed by atoms with E-state index in [0.717, 1.165) is 12.1 Å². The summed E-state index contributed by atoms with van der Waals surface area (Å²) >= 11 is 11.2. The molecule has 0 amide bonds. The average molecular weight is 329 g/mol. The van der Waals surface area contributed by atoms with Crippen LogP contribution in [0.2, 0.25) is 10.0 Å². The zero-order chi connectivity index (χ0) is 14.8. The van der Waals surface area contributed by atoms with Gasteiger partial charge in [0.1, 0.15) is 21.5 Å². The van der Waals surface area contributed by atoms with Crippen LogP contribution in [0.5, 0.6) is 0 Å². The molecule has 0 aromatic heterocycles. The Bertz CT molecular complexity index is 645. The van der Waals surface area contributed by atoms with Crippen molar-refractivity contribution in [2.45, 2.75) is 4.90 Å². The first-order valence-corrected chi connectivity index (χ1v) is 6.74. The Labute approximate surface area is 117 Å². The van der Waals surface area contributed by atoms with Gasteiger partial charge in [0, 0.05) is 0 Å². The van der Waals surface area contributed by atoms with E-state index in [4.69, 9.17) is 28.3 Å². The number of nitro benzene ring substituents is 1. The van der Waals surface area contributed by atoms with Crippen molar-refractivity contribution in [1.29, 1.82) is 0 Å². The molecule has 19 heavy (non-hydrogen) atoms. The molecule has 2 N–H and O–H groups in total. The summed E-state index contributed by atoms with van der Waals surface area (Å²) in [6.45, 7) is -0.880. The van der Waals surface area contributed by atoms with Crippen molar-refractivity contribution < 1.29 is 23.2 Å². The molecule has 0 atom stereocenters. The lowest BCUT2D eigenvalue weighted by Gasteiger charge is -2.07. The van der Waals surface area contributed by atoms with Crippen LogP contribution in [0, 0.1) is 10.1 Å². The second-order valence-electron chi connectivity index (χ2n) is 3.18. The van der Waals surface area contributed by atoms with Crippen LogP contribution in [0.25, 0.3) is 0 Å². The van der Waals surface area contributed by atoms with Gasteiger partial charge in [0.2, 0.25) is 10.0 Å². The van der Waals surface area contributed by atoms with Crippen molar-refractivity contribution in [3.05, 3.63) is 32.3 Å². The Kier molecular flexibility index (Phi) is 4.69. The van der Waals surface area contributed by atoms with Crippen molar-refractivity contribution in [3.8, 4) is 0 Å². The third-order valence-corrected chi connectivity index (χ3v) is 4.16. The number of carboxylic acid groups (broad SMARTS) is 1. The van der Waals surface area contributed by atoms with E-state index < -0.39 is 43.1 Å². The first-order chi connectivity index (χ1) is 8.66. The van der Waals surface area contributed by atoms with Crippen LogP contribution in [0.3, 0.4) is 0 Å². The standard InChI is InChI=1S/C8H6Cl2N2O6S/c9-4-1-2-5(7(10)8(4)12(15)16)19(17,18)11-3-6(13)14/h1-2,11H,3H2,(H,13,14). The summed E-state index contributed by atoms with van der Waals surface area (Å²) in [4.78, 5) is 19.5. The Balaban J connectivity index is 3.33. The molecule has 1 rings (SSSR count). The highest BCUT2D eigenvalue weighted by Crippen LogP contribution is 2.36. The largest absolute Gasteiger partial charge is 0.480 e. The fraction of sp³-hybridized carbons (Fsp3) is 0.125. The summed E-state index contributed by atoms with van der Waals surface area (Å²) in [7, 11) is -4.28. The van der Waals surface area contributed by atoms with Gasteiger partial charge in [-0.3, -0.25) is 14.9 Å². The zero-order valence-electron chi connectivity index (χ0n) is 8.96. The summed E-state index contributed by atoms with van der Waals surface area (Å²) in [5.74, 6) is -1.41. The summed E-state index contributed by atoms with van der Waals surface area (Å²) in [6, 6.07) is 1.93. The van der Waals surface area contributed by atoms with E-state index in [1.54, 1.807) is 4.72 Å². The lowest BCUT2D eigenvalue weighted by atomic mass is 10.3. The quantitative estimate of drug-likeness (QED) is 0.618. The van der Waals surface area contributed by atoms with E-state index in [1.165, 1.54) is 0 Å². The lowest BCUT2D eigenvalue weighted by Crippen LogP contribution is -2.29. The summed E-state index contributed by atoms with van der Waals surface area (Å²) in [5, 5.41) is 18.1. The maximum atomic E-state index is 11.7. The molecular weight excluding hydrogens is 323 g/mol. The molecule has 0 heterocycles. The maximum absolute atomic E-state index is 11.7. The molecule has 0 spiro atoms. The van der Waals surface area contributed by atoms with E-state index in [2.05, 4.69) is 0 Å². The fourth-order valence-electron chi connectivity index (χ4n) is 1.13. The minimum Gasteiger partial charge on any atom is -0.480 e. The molecule has 0 aliphatic heterocycles. The minimum atomic E-state index is -4.28. The predicted molar refractivity (Wildman–Crippen MR) is 65.9 cm³/mol. The number of nitrogens with one attached hydrogen (secondary N) is 1. The molecule has 8 nitrogen and oxygen atoms in total. The summed E-state index contributed by atoms with van der Waals surface area (Å²) in [5.41, 5.74) is -0.762. The number of hydrogen-bond donors (Lipinski definition) is 2. The van der Waals surface area contributed by atoms with E-state index in [-0.39, 0.29) is 5.02 Å². The van der Waals surface area contributed by atoms with Gasteiger partial charge in [-0.1, -0.05) is 23.2 Å². The van der Waals surface area contributed by atoms with Gasteiger partial charge in [-0.05, 0) is 12.1 Å². The molecule has 0 saturated heterocycles. The number of carboxylic acids is 1. The van der Waals surface area contributed by atoms with Gasteiger partial charge in [-0.25, -0.2) is 8.42 Å². The molecule has 0 aliphatic rings. The van der Waals surface area contributed by atoms with E-state index >= 15 is 0 Å². The van der Waals surface area contributed by atoms with Crippen LogP contribution in [0.15, 0.2) is 17.0 Å². The molecule has 0 fully saturated rings. The van der Waals surface area contributed by atoms with Gasteiger partial charge >= 0.3 is 11.7 Å². The molecule has 0 radical (unpaired) electrons. The van der Waals surface area contributed by atoms with Gasteiger partial charge in [-0.15, -0.1) is 0 Å². The van der Waals surface area contributed by atoms with Crippen molar-refractivity contribution >= 4 is 44.9 Å². The number of benzene rings is 1. The molecule has 11 heteroatoms. The number of sulfonamides is 1. The molecule has 1 aromatic rings. The molecular formula is C8H6Cl2N2O6S. The summed E-state index contributed by atoms with van der Waals surface area (Å²) in [6.07, 6.45) is 0. The van der Waals surface area contributed by atoms with Crippen LogP contribution in [0.1, 0.15) is 0 Å². The number of hydrogen-bond acceptors (Lipinski definition) is 5. The smallest absolute Gasteiger partial charge is 0.318 e. The lowest BCUT2D eigenvalue weighted by molar-refractivity contribution is -0.384. The molecule has 0 bridgehead atoms. The van der Waals surface area contributed by atoms with Crippen molar-refractivity contribution in [1.82, 2.24) is 4.72 Å². The van der Waals surface area contributed by atoms with Crippen LogP contribution in [0.4, 0.5) is 5.69 Å². The van der Waals surface area contributed by atoms with Gasteiger partial charge in [0.15, 0.2) is 0 Å². The Morgan fingerprint density at radius 2 is 2.00 bits per heavy atom. The molecule has 104 valence electrons. The van der Waals surface area contributed by atoms with Crippen molar-refractivity contribution in [3.63, 3.8) is 0 Å². The number of rotatable bonds is 5. The van der Waals surface area contributed by atoms with Crippen LogP contribution in [-0.4, -0.2) is 31.0 Å². The second kappa shape index (κ2) is 5.70. The number of nitrogens with zero attached hydrogens (tertiary/aromatic N) is 1. The molecule has 0 unspecified atom stereocenters. The Morgan fingerprint density at radius 1 is 1.42 bits per heavy atom. The zero-order valence-corrected chi connectivity index (χ0v) is 11.3. The average Bonchev–Trinajstić information content (AvgIpc) is 2.25. The minimum absolute atomic E-state index is 0.327.